The van der Waals surface area contributed by atoms with Crippen molar-refractivity contribution >= 4 is 5.91 Å². The van der Waals surface area contributed by atoms with Crippen LogP contribution in [0, 0.1) is 0 Å². The van der Waals surface area contributed by atoms with Gasteiger partial charge in [0.15, 0.2) is 0 Å². The average Bonchev–Trinajstić information content (AvgIpc) is 3.19. The van der Waals surface area contributed by atoms with Crippen LogP contribution in [0.4, 0.5) is 0 Å². The van der Waals surface area contributed by atoms with E-state index in [2.05, 4.69) is 15.1 Å². The van der Waals surface area contributed by atoms with Gasteiger partial charge in [0.25, 0.3) is 5.91 Å². The van der Waals surface area contributed by atoms with Gasteiger partial charge in [-0.05, 0) is 29.8 Å². The first-order valence-corrected chi connectivity index (χ1v) is 9.68. The predicted octanol–water partition coefficient (Wildman–Crippen LogP) is 2.84. The van der Waals surface area contributed by atoms with Crippen LogP contribution in [0.1, 0.15) is 21.9 Å². The Morgan fingerprint density at radius 3 is 2.33 bits per heavy atom. The van der Waals surface area contributed by atoms with Crippen LogP contribution in [0.3, 0.4) is 0 Å². The van der Waals surface area contributed by atoms with Crippen LogP contribution >= 0.6 is 0 Å². The van der Waals surface area contributed by atoms with E-state index in [0.29, 0.717) is 25.2 Å². The van der Waals surface area contributed by atoms with Crippen LogP contribution in [0.15, 0.2) is 89.9 Å². The van der Waals surface area contributed by atoms with Crippen molar-refractivity contribution in [2.45, 2.75) is 13.0 Å². The van der Waals surface area contributed by atoms with E-state index < -0.39 is 5.69 Å². The number of carbonyl (C=O) groups is 1. The number of hydrogen-bond acceptors (Lipinski definition) is 4. The Labute approximate surface area is 173 Å². The van der Waals surface area contributed by atoms with Crippen LogP contribution in [0.25, 0.3) is 5.69 Å². The summed E-state index contributed by atoms with van der Waals surface area (Å²) in [5.41, 5.74) is 2.04. The van der Waals surface area contributed by atoms with Crippen LogP contribution < -0.4 is 5.69 Å². The highest BCUT2D eigenvalue weighted by molar-refractivity contribution is 5.90. The maximum absolute atomic E-state index is 13.2. The lowest BCUT2D eigenvalue weighted by Crippen LogP contribution is -2.33. The third-order valence-corrected chi connectivity index (χ3v) is 4.69. The van der Waals surface area contributed by atoms with Gasteiger partial charge in [-0.2, -0.15) is 4.68 Å². The summed E-state index contributed by atoms with van der Waals surface area (Å²) in [5.74, 6) is -0.317. The van der Waals surface area contributed by atoms with E-state index in [1.807, 2.05) is 66.7 Å². The van der Waals surface area contributed by atoms with Gasteiger partial charge >= 0.3 is 5.69 Å². The number of nitrogens with one attached hydrogen (secondary N) is 1. The molecule has 150 valence electrons. The van der Waals surface area contributed by atoms with Crippen molar-refractivity contribution in [3.63, 3.8) is 0 Å². The molecule has 2 heterocycles. The fourth-order valence-corrected chi connectivity index (χ4v) is 3.17. The second kappa shape index (κ2) is 9.00. The Balaban J connectivity index is 1.59. The smallest absolute Gasteiger partial charge is 0.331 e. The molecule has 7 nitrogen and oxygen atoms in total. The number of benzene rings is 2. The number of hydrogen-bond donors (Lipinski definition) is 1. The topological polar surface area (TPSA) is 83.9 Å². The van der Waals surface area contributed by atoms with Crippen LogP contribution in [0.5, 0.6) is 0 Å². The van der Waals surface area contributed by atoms with Gasteiger partial charge in [0, 0.05) is 31.4 Å². The van der Waals surface area contributed by atoms with Gasteiger partial charge in [0.05, 0.1) is 5.69 Å². The van der Waals surface area contributed by atoms with E-state index in [1.165, 1.54) is 4.68 Å². The van der Waals surface area contributed by atoms with Crippen molar-refractivity contribution in [1.82, 2.24) is 24.6 Å². The first kappa shape index (κ1) is 19.3. The summed E-state index contributed by atoms with van der Waals surface area (Å²) in [6, 6.07) is 24.4. The predicted molar refractivity (Wildman–Crippen MR) is 113 cm³/mol. The van der Waals surface area contributed by atoms with Crippen molar-refractivity contribution in [3.05, 3.63) is 113 Å². The number of para-hydroxylation sites is 1. The van der Waals surface area contributed by atoms with Crippen LogP contribution in [-0.4, -0.2) is 37.1 Å². The van der Waals surface area contributed by atoms with Gasteiger partial charge in [-0.25, -0.2) is 4.79 Å². The zero-order valence-electron chi connectivity index (χ0n) is 16.3. The van der Waals surface area contributed by atoms with Gasteiger partial charge < -0.3 is 4.90 Å². The highest BCUT2D eigenvalue weighted by atomic mass is 16.2. The summed E-state index contributed by atoms with van der Waals surface area (Å²) in [5, 5.41) is 4.24. The van der Waals surface area contributed by atoms with E-state index in [9.17, 15) is 9.59 Å². The molecular formula is C23H21N5O2. The zero-order chi connectivity index (χ0) is 20.8. The molecule has 4 aromatic rings. The molecule has 0 spiro atoms. The number of carbonyl (C=O) groups excluding carboxylic acids is 1. The molecule has 4 rings (SSSR count). The number of pyridine rings is 1. The highest BCUT2D eigenvalue weighted by Gasteiger charge is 2.21. The minimum absolute atomic E-state index is 0.0146. The Morgan fingerprint density at radius 2 is 1.63 bits per heavy atom. The first-order chi connectivity index (χ1) is 14.7. The molecule has 0 aliphatic carbocycles. The molecular weight excluding hydrogens is 378 g/mol. The molecule has 2 aromatic heterocycles. The number of aromatic amines is 1. The number of nitrogens with zero attached hydrogens (tertiary/aromatic N) is 4. The third-order valence-electron chi connectivity index (χ3n) is 4.69. The van der Waals surface area contributed by atoms with Crippen LogP contribution in [-0.2, 0) is 13.0 Å². The van der Waals surface area contributed by atoms with Gasteiger partial charge in [0.1, 0.15) is 0 Å². The first-order valence-electron chi connectivity index (χ1n) is 9.68. The summed E-state index contributed by atoms with van der Waals surface area (Å²) >= 11 is 0. The SMILES string of the molecule is O=C(c1nn(-c2ccccc2)c(=O)[nH]1)N(CCc1ccccn1)Cc1ccccc1. The lowest BCUT2D eigenvalue weighted by molar-refractivity contribution is 0.0732. The standard InChI is InChI=1S/C23H21N5O2/c29-22(21-25-23(30)28(26-21)20-12-5-2-6-13-20)27(17-18-9-3-1-4-10-18)16-14-19-11-7-8-15-24-19/h1-13,15H,14,16-17H2,(H,25,26,30). The summed E-state index contributed by atoms with van der Waals surface area (Å²) < 4.78 is 1.20. The summed E-state index contributed by atoms with van der Waals surface area (Å²) in [7, 11) is 0. The van der Waals surface area contributed by atoms with E-state index in [-0.39, 0.29) is 11.7 Å². The zero-order valence-corrected chi connectivity index (χ0v) is 16.3. The molecule has 1 N–H and O–H groups in total. The minimum atomic E-state index is -0.450. The molecule has 0 atom stereocenters. The summed E-state index contributed by atoms with van der Waals surface area (Å²) in [6.45, 7) is 0.859. The molecule has 0 aliphatic heterocycles. The second-order valence-electron chi connectivity index (χ2n) is 6.81. The molecule has 0 bridgehead atoms. The summed E-state index contributed by atoms with van der Waals surface area (Å²) in [6.07, 6.45) is 2.33. The van der Waals surface area contributed by atoms with E-state index in [4.69, 9.17) is 0 Å². The van der Waals surface area contributed by atoms with Gasteiger partial charge in [-0.3, -0.25) is 14.8 Å². The van der Waals surface area contributed by atoms with Gasteiger partial charge in [-0.15, -0.1) is 5.10 Å². The van der Waals surface area contributed by atoms with E-state index in [0.717, 1.165) is 11.3 Å². The monoisotopic (exact) mass is 399 g/mol. The molecule has 0 radical (unpaired) electrons. The lowest BCUT2D eigenvalue weighted by Gasteiger charge is -2.21. The lowest BCUT2D eigenvalue weighted by atomic mass is 10.2. The number of rotatable bonds is 7. The molecule has 0 saturated heterocycles. The second-order valence-corrected chi connectivity index (χ2v) is 6.81. The quantitative estimate of drug-likeness (QED) is 0.518. The largest absolute Gasteiger partial charge is 0.348 e. The van der Waals surface area contributed by atoms with E-state index >= 15 is 0 Å². The average molecular weight is 399 g/mol. The van der Waals surface area contributed by atoms with Crippen molar-refractivity contribution in [2.24, 2.45) is 0 Å². The maximum Gasteiger partial charge on any atom is 0.348 e. The van der Waals surface area contributed by atoms with Crippen molar-refractivity contribution in [3.8, 4) is 5.69 Å². The van der Waals surface area contributed by atoms with Gasteiger partial charge in [0.2, 0.25) is 5.82 Å². The third kappa shape index (κ3) is 4.52. The molecule has 0 aliphatic rings. The number of H-pyrrole nitrogens is 1. The molecule has 7 heteroatoms. The Kier molecular flexibility index (Phi) is 5.80. The molecule has 0 fully saturated rings. The normalized spacial score (nSPS) is 10.7. The summed E-state index contributed by atoms with van der Waals surface area (Å²) in [4.78, 5) is 34.2. The van der Waals surface area contributed by atoms with Crippen LogP contribution in [0.2, 0.25) is 0 Å². The maximum atomic E-state index is 13.2. The molecule has 2 aromatic carbocycles. The minimum Gasteiger partial charge on any atom is -0.331 e. The number of aromatic nitrogens is 4. The molecule has 30 heavy (non-hydrogen) atoms. The number of amides is 1. The Hall–Kier alpha value is -4.00. The fraction of sp³-hybridized carbons (Fsp3) is 0.130. The molecule has 1 amide bonds. The van der Waals surface area contributed by atoms with E-state index in [1.54, 1.807) is 23.2 Å². The molecule has 0 unspecified atom stereocenters. The Bertz CT molecular complexity index is 1150. The van der Waals surface area contributed by atoms with Crippen molar-refractivity contribution in [1.29, 1.82) is 0 Å². The fourth-order valence-electron chi connectivity index (χ4n) is 3.17. The van der Waals surface area contributed by atoms with Gasteiger partial charge in [-0.1, -0.05) is 54.6 Å². The molecule has 0 saturated carbocycles. The highest BCUT2D eigenvalue weighted by Crippen LogP contribution is 2.10. The van der Waals surface area contributed by atoms with Crippen molar-refractivity contribution in [2.75, 3.05) is 6.54 Å². The van der Waals surface area contributed by atoms with Crippen molar-refractivity contribution < 1.29 is 4.79 Å². The Morgan fingerprint density at radius 1 is 0.933 bits per heavy atom.